The zero-order valence-electron chi connectivity index (χ0n) is 12.2. The summed E-state index contributed by atoms with van der Waals surface area (Å²) >= 11 is 0. The predicted octanol–water partition coefficient (Wildman–Crippen LogP) is 2.44. The van der Waals surface area contributed by atoms with E-state index < -0.39 is 17.0 Å². The maximum absolute atomic E-state index is 12.2. The number of rotatable bonds is 4. The fourth-order valence-corrected chi connectivity index (χ4v) is 2.54. The number of benzene rings is 1. The van der Waals surface area contributed by atoms with Gasteiger partial charge in [0.2, 0.25) is 0 Å². The van der Waals surface area contributed by atoms with Crippen LogP contribution in [0.2, 0.25) is 0 Å². The molecule has 1 aliphatic heterocycles. The molecule has 0 aromatic heterocycles. The number of alkyl halides is 3. The van der Waals surface area contributed by atoms with Crippen LogP contribution in [0.25, 0.3) is 0 Å². The number of hydrazine groups is 1. The lowest BCUT2D eigenvalue weighted by atomic mass is 9.90. The second-order valence-corrected chi connectivity index (χ2v) is 5.50. The van der Waals surface area contributed by atoms with E-state index in [2.05, 4.69) is 0 Å². The Morgan fingerprint density at radius 1 is 1.26 bits per heavy atom. The average molecular weight is 331 g/mol. The number of halogens is 3. The summed E-state index contributed by atoms with van der Waals surface area (Å²) in [6.07, 6.45) is -2.88. The van der Waals surface area contributed by atoms with E-state index in [-0.39, 0.29) is 11.6 Å². The smallest absolute Gasteiger partial charge is 0.281 e. The van der Waals surface area contributed by atoms with E-state index >= 15 is 0 Å². The SMILES string of the molecule is O=C(NN1CCC(Cc2ccc([N+](=O)[O-])cc2)CC1)C(F)(F)F. The van der Waals surface area contributed by atoms with E-state index in [1.165, 1.54) is 17.1 Å². The van der Waals surface area contributed by atoms with E-state index in [4.69, 9.17) is 0 Å². The van der Waals surface area contributed by atoms with Gasteiger partial charge in [0.05, 0.1) is 4.92 Å². The first kappa shape index (κ1) is 17.2. The highest BCUT2D eigenvalue weighted by Crippen LogP contribution is 2.23. The molecule has 1 aliphatic rings. The zero-order valence-corrected chi connectivity index (χ0v) is 12.2. The molecule has 2 rings (SSSR count). The number of carbonyl (C=O) groups is 1. The largest absolute Gasteiger partial charge is 0.472 e. The van der Waals surface area contributed by atoms with Gasteiger partial charge in [-0.2, -0.15) is 13.2 Å². The van der Waals surface area contributed by atoms with E-state index in [1.807, 2.05) is 5.43 Å². The van der Waals surface area contributed by atoms with Crippen molar-refractivity contribution in [3.63, 3.8) is 0 Å². The number of nitrogens with one attached hydrogen (secondary N) is 1. The van der Waals surface area contributed by atoms with Gasteiger partial charge >= 0.3 is 12.1 Å². The summed E-state index contributed by atoms with van der Waals surface area (Å²) in [4.78, 5) is 21.0. The molecule has 0 spiro atoms. The highest BCUT2D eigenvalue weighted by Gasteiger charge is 2.40. The van der Waals surface area contributed by atoms with Crippen molar-refractivity contribution in [1.82, 2.24) is 10.4 Å². The molecule has 1 saturated heterocycles. The van der Waals surface area contributed by atoms with Crippen molar-refractivity contribution in [3.8, 4) is 0 Å². The third kappa shape index (κ3) is 4.92. The average Bonchev–Trinajstić information content (AvgIpc) is 2.49. The molecule has 1 aromatic rings. The van der Waals surface area contributed by atoms with Gasteiger partial charge in [-0.05, 0) is 30.7 Å². The Balaban J connectivity index is 1.80. The molecule has 1 fully saturated rings. The number of nitro groups is 1. The number of piperidine rings is 1. The van der Waals surface area contributed by atoms with Crippen LogP contribution in [0.3, 0.4) is 0 Å². The summed E-state index contributed by atoms with van der Waals surface area (Å²) in [5.41, 5.74) is 2.84. The molecule has 126 valence electrons. The fraction of sp³-hybridized carbons (Fsp3) is 0.500. The molecular formula is C14H16F3N3O3. The van der Waals surface area contributed by atoms with E-state index in [0.717, 1.165) is 5.56 Å². The molecule has 1 aromatic carbocycles. The lowest BCUT2D eigenvalue weighted by Gasteiger charge is -2.32. The van der Waals surface area contributed by atoms with E-state index in [9.17, 15) is 28.1 Å². The van der Waals surface area contributed by atoms with Gasteiger partial charge in [0.1, 0.15) is 0 Å². The van der Waals surface area contributed by atoms with Crippen molar-refractivity contribution in [2.45, 2.75) is 25.4 Å². The second kappa shape index (κ2) is 6.95. The molecule has 9 heteroatoms. The molecule has 0 unspecified atom stereocenters. The van der Waals surface area contributed by atoms with Crippen molar-refractivity contribution < 1.29 is 22.9 Å². The maximum Gasteiger partial charge on any atom is 0.472 e. The lowest BCUT2D eigenvalue weighted by molar-refractivity contribution is -0.384. The molecule has 23 heavy (non-hydrogen) atoms. The van der Waals surface area contributed by atoms with E-state index in [1.54, 1.807) is 12.1 Å². The van der Waals surface area contributed by atoms with Gasteiger partial charge in [0, 0.05) is 25.2 Å². The topological polar surface area (TPSA) is 75.5 Å². The van der Waals surface area contributed by atoms with Gasteiger partial charge in [-0.15, -0.1) is 0 Å². The minimum atomic E-state index is -4.88. The number of nitro benzene ring substituents is 1. The summed E-state index contributed by atoms with van der Waals surface area (Å²) in [5.74, 6) is -1.68. The molecule has 0 radical (unpaired) electrons. The summed E-state index contributed by atoms with van der Waals surface area (Å²) in [5, 5.41) is 11.9. The monoisotopic (exact) mass is 331 g/mol. The van der Waals surface area contributed by atoms with Crippen molar-refractivity contribution in [3.05, 3.63) is 39.9 Å². The Hall–Kier alpha value is -2.16. The number of hydrogen-bond acceptors (Lipinski definition) is 4. The molecule has 0 aliphatic carbocycles. The van der Waals surface area contributed by atoms with Crippen molar-refractivity contribution in [2.24, 2.45) is 5.92 Å². The number of amides is 1. The summed E-state index contributed by atoms with van der Waals surface area (Å²) < 4.78 is 36.5. The number of carbonyl (C=O) groups excluding carboxylic acids is 1. The molecule has 1 heterocycles. The number of nitrogens with zero attached hydrogens (tertiary/aromatic N) is 2. The Labute approximate surface area is 130 Å². The normalized spacial score (nSPS) is 17.0. The van der Waals surface area contributed by atoms with Crippen LogP contribution >= 0.6 is 0 Å². The highest BCUT2D eigenvalue weighted by molar-refractivity contribution is 5.81. The van der Waals surface area contributed by atoms with Crippen LogP contribution in [-0.4, -0.2) is 35.1 Å². The third-order valence-corrected chi connectivity index (χ3v) is 3.80. The first-order valence-electron chi connectivity index (χ1n) is 7.12. The highest BCUT2D eigenvalue weighted by atomic mass is 19.4. The maximum atomic E-state index is 12.2. The predicted molar refractivity (Wildman–Crippen MR) is 75.3 cm³/mol. The first-order valence-corrected chi connectivity index (χ1v) is 7.12. The Bertz CT molecular complexity index is 567. The van der Waals surface area contributed by atoms with Crippen molar-refractivity contribution in [1.29, 1.82) is 0 Å². The zero-order chi connectivity index (χ0) is 17.0. The molecule has 6 nitrogen and oxygen atoms in total. The minimum Gasteiger partial charge on any atom is -0.281 e. The van der Waals surface area contributed by atoms with Gasteiger partial charge in [0.25, 0.3) is 5.69 Å². The summed E-state index contributed by atoms with van der Waals surface area (Å²) in [6, 6.07) is 6.26. The lowest BCUT2D eigenvalue weighted by Crippen LogP contribution is -2.51. The Morgan fingerprint density at radius 3 is 2.30 bits per heavy atom. The van der Waals surface area contributed by atoms with Gasteiger partial charge in [-0.3, -0.25) is 20.3 Å². The van der Waals surface area contributed by atoms with E-state index in [0.29, 0.717) is 32.4 Å². The molecule has 1 N–H and O–H groups in total. The summed E-state index contributed by atoms with van der Waals surface area (Å²) in [6.45, 7) is 0.693. The van der Waals surface area contributed by atoms with Crippen LogP contribution in [0.4, 0.5) is 18.9 Å². The van der Waals surface area contributed by atoms with Crippen LogP contribution in [0, 0.1) is 16.0 Å². The van der Waals surface area contributed by atoms with Crippen LogP contribution in [-0.2, 0) is 11.2 Å². The Kier molecular flexibility index (Phi) is 5.19. The quantitative estimate of drug-likeness (QED) is 0.679. The molecule has 0 bridgehead atoms. The van der Waals surface area contributed by atoms with Crippen molar-refractivity contribution >= 4 is 11.6 Å². The number of non-ortho nitro benzene ring substituents is 1. The molecule has 1 amide bonds. The summed E-state index contributed by atoms with van der Waals surface area (Å²) in [7, 11) is 0. The fourth-order valence-electron chi connectivity index (χ4n) is 2.54. The van der Waals surface area contributed by atoms with Gasteiger partial charge in [0.15, 0.2) is 0 Å². The van der Waals surface area contributed by atoms with Gasteiger partial charge in [-0.25, -0.2) is 5.01 Å². The first-order chi connectivity index (χ1) is 10.8. The van der Waals surface area contributed by atoms with Crippen LogP contribution in [0.15, 0.2) is 24.3 Å². The van der Waals surface area contributed by atoms with Crippen molar-refractivity contribution in [2.75, 3.05) is 13.1 Å². The second-order valence-electron chi connectivity index (χ2n) is 5.50. The van der Waals surface area contributed by atoms with Crippen LogP contribution < -0.4 is 5.43 Å². The molecular weight excluding hydrogens is 315 g/mol. The van der Waals surface area contributed by atoms with Crippen LogP contribution in [0.5, 0.6) is 0 Å². The van der Waals surface area contributed by atoms with Gasteiger partial charge < -0.3 is 0 Å². The van der Waals surface area contributed by atoms with Crippen LogP contribution in [0.1, 0.15) is 18.4 Å². The molecule has 0 saturated carbocycles. The molecule has 0 atom stereocenters. The minimum absolute atomic E-state index is 0.0263. The standard InChI is InChI=1S/C14H16F3N3O3/c15-14(16,17)13(21)18-19-7-5-11(6-8-19)9-10-1-3-12(4-2-10)20(22)23/h1-4,11H,5-9H2,(H,18,21). The van der Waals surface area contributed by atoms with Gasteiger partial charge in [-0.1, -0.05) is 12.1 Å². The third-order valence-electron chi connectivity index (χ3n) is 3.80. The number of hydrogen-bond donors (Lipinski definition) is 1. The Morgan fingerprint density at radius 2 is 1.83 bits per heavy atom.